The van der Waals surface area contributed by atoms with Crippen molar-refractivity contribution in [1.29, 1.82) is 0 Å². The molecule has 2 heterocycles. The number of likely N-dealkylation sites (N-methyl/N-ethyl adjacent to an activating group) is 1. The van der Waals surface area contributed by atoms with Gasteiger partial charge in [-0.2, -0.15) is 0 Å². The second-order valence-electron chi connectivity index (χ2n) is 4.75. The summed E-state index contributed by atoms with van der Waals surface area (Å²) >= 11 is 0. The van der Waals surface area contributed by atoms with Crippen LogP contribution in [0.2, 0.25) is 0 Å². The van der Waals surface area contributed by atoms with Crippen molar-refractivity contribution < 1.29 is 9.53 Å². The van der Waals surface area contributed by atoms with Gasteiger partial charge in [-0.25, -0.2) is 0 Å². The Morgan fingerprint density at radius 1 is 1.53 bits per heavy atom. The van der Waals surface area contributed by atoms with E-state index in [1.165, 1.54) is 0 Å². The maximum atomic E-state index is 12.2. The van der Waals surface area contributed by atoms with Crippen molar-refractivity contribution in [3.05, 3.63) is 30.1 Å². The Balaban J connectivity index is 1.79. The Bertz CT molecular complexity index is 395. The van der Waals surface area contributed by atoms with E-state index in [0.29, 0.717) is 26.1 Å². The molecule has 1 saturated heterocycles. The zero-order valence-corrected chi connectivity index (χ0v) is 11.3. The summed E-state index contributed by atoms with van der Waals surface area (Å²) in [7, 11) is 1.90. The van der Waals surface area contributed by atoms with Crippen molar-refractivity contribution in [2.75, 3.05) is 33.3 Å². The lowest BCUT2D eigenvalue weighted by Gasteiger charge is -2.33. The van der Waals surface area contributed by atoms with Crippen LogP contribution in [-0.4, -0.2) is 55.2 Å². The number of pyridine rings is 1. The molecule has 0 saturated carbocycles. The molecule has 2 rings (SSSR count). The van der Waals surface area contributed by atoms with Gasteiger partial charge in [0.15, 0.2) is 0 Å². The number of carbonyl (C=O) groups is 1. The number of amides is 1. The van der Waals surface area contributed by atoms with Crippen LogP contribution in [0, 0.1) is 0 Å². The Kier molecular flexibility index (Phi) is 5.30. The normalized spacial score (nSPS) is 19.4. The van der Waals surface area contributed by atoms with Gasteiger partial charge in [-0.05, 0) is 31.2 Å². The molecule has 1 atom stereocenters. The summed E-state index contributed by atoms with van der Waals surface area (Å²) < 4.78 is 5.60. The van der Waals surface area contributed by atoms with Crippen LogP contribution in [0.4, 0.5) is 0 Å². The highest BCUT2D eigenvalue weighted by molar-refractivity contribution is 5.76. The Hall–Kier alpha value is -1.46. The minimum atomic E-state index is 0.114. The van der Waals surface area contributed by atoms with Gasteiger partial charge in [0.05, 0.1) is 12.7 Å². The number of aryl methyl sites for hydroxylation is 1. The molecular formula is C14H21N3O2. The molecule has 0 bridgehead atoms. The van der Waals surface area contributed by atoms with Gasteiger partial charge in [-0.1, -0.05) is 0 Å². The molecule has 1 N–H and O–H groups in total. The van der Waals surface area contributed by atoms with E-state index in [0.717, 1.165) is 18.5 Å². The topological polar surface area (TPSA) is 54.5 Å². The Morgan fingerprint density at radius 3 is 3.05 bits per heavy atom. The quantitative estimate of drug-likeness (QED) is 0.838. The number of hydrogen-bond acceptors (Lipinski definition) is 4. The van der Waals surface area contributed by atoms with E-state index in [1.807, 2.05) is 24.1 Å². The molecule has 1 aliphatic heterocycles. The first kappa shape index (κ1) is 14.0. The minimum Gasteiger partial charge on any atom is -0.373 e. The maximum Gasteiger partial charge on any atom is 0.223 e. The lowest BCUT2D eigenvalue weighted by Crippen LogP contribution is -2.48. The highest BCUT2D eigenvalue weighted by Gasteiger charge is 2.23. The number of carbonyl (C=O) groups excluding carboxylic acids is 1. The second kappa shape index (κ2) is 7.21. The van der Waals surface area contributed by atoms with Gasteiger partial charge >= 0.3 is 0 Å². The number of nitrogens with zero attached hydrogens (tertiary/aromatic N) is 2. The third-order valence-corrected chi connectivity index (χ3v) is 3.30. The SMILES string of the molecule is CNCC1CN(C(=O)CCc2ccncc2)CCO1. The highest BCUT2D eigenvalue weighted by atomic mass is 16.5. The lowest BCUT2D eigenvalue weighted by atomic mass is 10.1. The first-order valence-electron chi connectivity index (χ1n) is 6.72. The minimum absolute atomic E-state index is 0.114. The smallest absolute Gasteiger partial charge is 0.223 e. The fourth-order valence-corrected chi connectivity index (χ4v) is 2.26. The fourth-order valence-electron chi connectivity index (χ4n) is 2.26. The number of morpholine rings is 1. The van der Waals surface area contributed by atoms with E-state index in [9.17, 15) is 4.79 Å². The molecule has 1 amide bonds. The number of aromatic nitrogens is 1. The third-order valence-electron chi connectivity index (χ3n) is 3.30. The number of rotatable bonds is 5. The standard InChI is InChI=1S/C14H21N3O2/c1-15-10-13-11-17(8-9-19-13)14(18)3-2-12-4-6-16-7-5-12/h4-7,13,15H,2-3,8-11H2,1H3. The molecule has 0 radical (unpaired) electrons. The molecular weight excluding hydrogens is 242 g/mol. The Morgan fingerprint density at radius 2 is 2.32 bits per heavy atom. The molecule has 1 fully saturated rings. The van der Waals surface area contributed by atoms with E-state index in [2.05, 4.69) is 10.3 Å². The fraction of sp³-hybridized carbons (Fsp3) is 0.571. The summed E-state index contributed by atoms with van der Waals surface area (Å²) in [4.78, 5) is 18.0. The number of ether oxygens (including phenoxy) is 1. The predicted molar refractivity (Wildman–Crippen MR) is 72.8 cm³/mol. The van der Waals surface area contributed by atoms with Crippen LogP contribution in [-0.2, 0) is 16.0 Å². The molecule has 0 spiro atoms. The van der Waals surface area contributed by atoms with Crippen molar-refractivity contribution in [2.24, 2.45) is 0 Å². The molecule has 104 valence electrons. The third kappa shape index (κ3) is 4.29. The number of hydrogen-bond donors (Lipinski definition) is 1. The van der Waals surface area contributed by atoms with Crippen LogP contribution in [0.5, 0.6) is 0 Å². The van der Waals surface area contributed by atoms with Crippen molar-refractivity contribution in [2.45, 2.75) is 18.9 Å². The molecule has 0 aliphatic carbocycles. The average molecular weight is 263 g/mol. The summed E-state index contributed by atoms with van der Waals surface area (Å²) in [6.07, 6.45) is 4.96. The predicted octanol–water partition coefficient (Wildman–Crippen LogP) is 0.461. The van der Waals surface area contributed by atoms with Crippen LogP contribution in [0.15, 0.2) is 24.5 Å². The van der Waals surface area contributed by atoms with E-state index in [1.54, 1.807) is 12.4 Å². The van der Waals surface area contributed by atoms with Crippen molar-refractivity contribution >= 4 is 5.91 Å². The Labute approximate surface area is 114 Å². The zero-order chi connectivity index (χ0) is 13.5. The van der Waals surface area contributed by atoms with Crippen LogP contribution >= 0.6 is 0 Å². The molecule has 1 aromatic heterocycles. The van der Waals surface area contributed by atoms with Crippen LogP contribution in [0.25, 0.3) is 0 Å². The molecule has 1 aliphatic rings. The van der Waals surface area contributed by atoms with Crippen LogP contribution < -0.4 is 5.32 Å². The number of nitrogens with one attached hydrogen (secondary N) is 1. The molecule has 1 unspecified atom stereocenters. The van der Waals surface area contributed by atoms with Gasteiger partial charge in [0.2, 0.25) is 5.91 Å². The second-order valence-corrected chi connectivity index (χ2v) is 4.75. The maximum absolute atomic E-state index is 12.2. The first-order chi connectivity index (χ1) is 9.29. The molecule has 1 aromatic rings. The monoisotopic (exact) mass is 263 g/mol. The molecule has 5 nitrogen and oxygen atoms in total. The van der Waals surface area contributed by atoms with E-state index in [-0.39, 0.29) is 12.0 Å². The summed E-state index contributed by atoms with van der Waals surface area (Å²) in [5.74, 6) is 0.209. The van der Waals surface area contributed by atoms with Crippen LogP contribution in [0.3, 0.4) is 0 Å². The van der Waals surface area contributed by atoms with E-state index < -0.39 is 0 Å². The summed E-state index contributed by atoms with van der Waals surface area (Å²) in [5, 5.41) is 3.08. The lowest BCUT2D eigenvalue weighted by molar-refractivity contribution is -0.138. The van der Waals surface area contributed by atoms with E-state index in [4.69, 9.17) is 4.74 Å². The largest absolute Gasteiger partial charge is 0.373 e. The summed E-state index contributed by atoms with van der Waals surface area (Å²) in [6.45, 7) is 2.81. The van der Waals surface area contributed by atoms with Gasteiger partial charge in [0.25, 0.3) is 0 Å². The molecule has 0 aromatic carbocycles. The van der Waals surface area contributed by atoms with Crippen molar-refractivity contribution in [1.82, 2.24) is 15.2 Å². The van der Waals surface area contributed by atoms with Gasteiger partial charge < -0.3 is 15.0 Å². The van der Waals surface area contributed by atoms with Crippen molar-refractivity contribution in [3.63, 3.8) is 0 Å². The first-order valence-corrected chi connectivity index (χ1v) is 6.72. The van der Waals surface area contributed by atoms with Gasteiger partial charge in [0.1, 0.15) is 0 Å². The van der Waals surface area contributed by atoms with Crippen molar-refractivity contribution in [3.8, 4) is 0 Å². The average Bonchev–Trinajstić information content (AvgIpc) is 2.46. The molecule has 19 heavy (non-hydrogen) atoms. The van der Waals surface area contributed by atoms with Gasteiger partial charge in [0, 0.05) is 38.4 Å². The summed E-state index contributed by atoms with van der Waals surface area (Å²) in [6, 6.07) is 3.91. The molecule has 5 heteroatoms. The zero-order valence-electron chi connectivity index (χ0n) is 11.3. The van der Waals surface area contributed by atoms with Gasteiger partial charge in [-0.15, -0.1) is 0 Å². The van der Waals surface area contributed by atoms with Crippen LogP contribution in [0.1, 0.15) is 12.0 Å². The van der Waals surface area contributed by atoms with E-state index >= 15 is 0 Å². The highest BCUT2D eigenvalue weighted by Crippen LogP contribution is 2.09. The summed E-state index contributed by atoms with van der Waals surface area (Å²) in [5.41, 5.74) is 1.16. The van der Waals surface area contributed by atoms with Gasteiger partial charge in [-0.3, -0.25) is 9.78 Å².